The van der Waals surface area contributed by atoms with Crippen molar-refractivity contribution >= 4 is 22.8 Å². The lowest BCUT2D eigenvalue weighted by Gasteiger charge is -2.07. The second-order valence-electron chi connectivity index (χ2n) is 6.01. The van der Waals surface area contributed by atoms with E-state index in [1.54, 1.807) is 0 Å². The van der Waals surface area contributed by atoms with Crippen LogP contribution in [0.1, 0.15) is 35.4 Å². The van der Waals surface area contributed by atoms with Crippen molar-refractivity contribution in [2.45, 2.75) is 25.7 Å². The number of fused-ring (bicyclic) bond motifs is 1. The number of rotatable bonds is 6. The number of unbranched alkanes of at least 4 members (excludes halogenated alkanes) is 1. The maximum atomic E-state index is 11.8. The number of nitrogens with one attached hydrogen (secondary N) is 2. The van der Waals surface area contributed by atoms with Crippen LogP contribution in [-0.2, 0) is 11.2 Å². The minimum Gasteiger partial charge on any atom is -0.508 e. The number of aromatic hydroxyl groups is 1. The molecule has 6 nitrogen and oxygen atoms in total. The molecule has 2 aromatic carbocycles. The number of hydrogen-bond acceptors (Lipinski definition) is 4. The summed E-state index contributed by atoms with van der Waals surface area (Å²) in [5.41, 5.74) is 5.97. The quantitative estimate of drug-likeness (QED) is 0.469. The summed E-state index contributed by atoms with van der Waals surface area (Å²) in [5.74, 6) is 0.310. The molecule has 0 aliphatic rings. The van der Waals surface area contributed by atoms with Crippen molar-refractivity contribution in [2.24, 2.45) is 0 Å². The number of aryl methyl sites for hydroxylation is 1. The average Bonchev–Trinajstić information content (AvgIpc) is 3.06. The third kappa shape index (κ3) is 4.63. The first-order chi connectivity index (χ1) is 12.6. The van der Waals surface area contributed by atoms with Gasteiger partial charge < -0.3 is 9.52 Å². The number of hydrogen-bond donors (Lipinski definition) is 3. The van der Waals surface area contributed by atoms with Gasteiger partial charge in [-0.3, -0.25) is 20.4 Å². The summed E-state index contributed by atoms with van der Waals surface area (Å²) < 4.78 is 5.74. The Morgan fingerprint density at radius 3 is 2.50 bits per heavy atom. The molecule has 0 aliphatic heterocycles. The largest absolute Gasteiger partial charge is 0.508 e. The molecular formula is C20H20N2O4. The first kappa shape index (κ1) is 17.5. The van der Waals surface area contributed by atoms with Crippen LogP contribution in [0.2, 0.25) is 0 Å². The van der Waals surface area contributed by atoms with Gasteiger partial charge in [-0.1, -0.05) is 18.2 Å². The molecule has 26 heavy (non-hydrogen) atoms. The molecule has 0 spiro atoms. The lowest BCUT2D eigenvalue weighted by atomic mass is 10.1. The van der Waals surface area contributed by atoms with Crippen LogP contribution < -0.4 is 10.9 Å². The topological polar surface area (TPSA) is 91.6 Å². The molecule has 0 radical (unpaired) electrons. The Labute approximate surface area is 150 Å². The number of benzene rings is 2. The van der Waals surface area contributed by atoms with Crippen LogP contribution in [0.15, 0.2) is 59.0 Å². The Balaban J connectivity index is 1.36. The Morgan fingerprint density at radius 2 is 1.73 bits per heavy atom. The minimum atomic E-state index is -0.430. The number of phenols is 1. The highest BCUT2D eigenvalue weighted by Gasteiger charge is 2.08. The van der Waals surface area contributed by atoms with Gasteiger partial charge >= 0.3 is 0 Å². The van der Waals surface area contributed by atoms with E-state index < -0.39 is 5.91 Å². The maximum Gasteiger partial charge on any atom is 0.269 e. The Hall–Kier alpha value is -3.28. The number of carbonyl (C=O) groups is 2. The molecule has 3 rings (SSSR count). The van der Waals surface area contributed by atoms with Gasteiger partial charge in [0.15, 0.2) is 0 Å². The molecule has 0 fully saturated rings. The van der Waals surface area contributed by atoms with Crippen molar-refractivity contribution in [3.05, 3.63) is 65.9 Å². The number of amides is 2. The zero-order valence-electron chi connectivity index (χ0n) is 14.2. The van der Waals surface area contributed by atoms with Crippen LogP contribution >= 0.6 is 0 Å². The van der Waals surface area contributed by atoms with Crippen LogP contribution in [-0.4, -0.2) is 16.9 Å². The average molecular weight is 352 g/mol. The molecule has 0 bridgehead atoms. The van der Waals surface area contributed by atoms with E-state index in [1.165, 1.54) is 24.3 Å². The summed E-state index contributed by atoms with van der Waals surface area (Å²) in [6, 6.07) is 15.6. The lowest BCUT2D eigenvalue weighted by molar-refractivity contribution is -0.122. The number of phenolic OH excluding ortho intramolecular Hbond substituents is 1. The maximum absolute atomic E-state index is 11.8. The van der Waals surface area contributed by atoms with Gasteiger partial charge in [0, 0.05) is 23.8 Å². The van der Waals surface area contributed by atoms with Gasteiger partial charge in [-0.05, 0) is 49.2 Å². The predicted molar refractivity (Wildman–Crippen MR) is 97.5 cm³/mol. The van der Waals surface area contributed by atoms with Gasteiger partial charge in [-0.2, -0.15) is 0 Å². The first-order valence-electron chi connectivity index (χ1n) is 8.47. The third-order valence-electron chi connectivity index (χ3n) is 4.00. The summed E-state index contributed by atoms with van der Waals surface area (Å²) in [6.45, 7) is 0. The SMILES string of the molecule is O=C(CCCCc1cc2ccccc2o1)NNC(=O)c1ccc(O)cc1. The van der Waals surface area contributed by atoms with Gasteiger partial charge in [0.25, 0.3) is 5.91 Å². The van der Waals surface area contributed by atoms with E-state index in [2.05, 4.69) is 10.9 Å². The van der Waals surface area contributed by atoms with Crippen molar-refractivity contribution in [2.75, 3.05) is 0 Å². The van der Waals surface area contributed by atoms with E-state index in [1.807, 2.05) is 30.3 Å². The monoisotopic (exact) mass is 352 g/mol. The van der Waals surface area contributed by atoms with Crippen molar-refractivity contribution < 1.29 is 19.1 Å². The van der Waals surface area contributed by atoms with Gasteiger partial charge in [0.05, 0.1) is 0 Å². The molecule has 134 valence electrons. The summed E-state index contributed by atoms with van der Waals surface area (Å²) in [5, 5.41) is 10.3. The fourth-order valence-electron chi connectivity index (χ4n) is 2.62. The zero-order valence-corrected chi connectivity index (χ0v) is 14.2. The highest BCUT2D eigenvalue weighted by Crippen LogP contribution is 2.20. The smallest absolute Gasteiger partial charge is 0.269 e. The number of furan rings is 1. The summed E-state index contributed by atoms with van der Waals surface area (Å²) in [6.07, 6.45) is 2.59. The van der Waals surface area contributed by atoms with Crippen LogP contribution in [0.4, 0.5) is 0 Å². The fraction of sp³-hybridized carbons (Fsp3) is 0.200. The molecule has 0 saturated carbocycles. The second-order valence-corrected chi connectivity index (χ2v) is 6.01. The van der Waals surface area contributed by atoms with E-state index >= 15 is 0 Å². The van der Waals surface area contributed by atoms with E-state index in [9.17, 15) is 14.7 Å². The lowest BCUT2D eigenvalue weighted by Crippen LogP contribution is -2.41. The number of hydrazine groups is 1. The van der Waals surface area contributed by atoms with Crippen LogP contribution in [0.25, 0.3) is 11.0 Å². The van der Waals surface area contributed by atoms with Crippen molar-refractivity contribution in [1.29, 1.82) is 0 Å². The molecule has 6 heteroatoms. The Morgan fingerprint density at radius 1 is 0.962 bits per heavy atom. The van der Waals surface area contributed by atoms with Crippen LogP contribution in [0.5, 0.6) is 5.75 Å². The number of para-hydroxylation sites is 1. The fourth-order valence-corrected chi connectivity index (χ4v) is 2.62. The molecule has 1 heterocycles. The molecule has 1 aromatic heterocycles. The second kappa shape index (κ2) is 8.20. The number of carbonyl (C=O) groups excluding carboxylic acids is 2. The molecule has 0 aliphatic carbocycles. The van der Waals surface area contributed by atoms with E-state index in [-0.39, 0.29) is 11.7 Å². The standard InChI is InChI=1S/C20H20N2O4/c23-16-11-9-14(10-12-16)20(25)22-21-19(24)8-4-2-6-17-13-15-5-1-3-7-18(15)26-17/h1,3,5,7,9-13,23H,2,4,6,8H2,(H,21,24)(H,22,25). The molecule has 0 unspecified atom stereocenters. The van der Waals surface area contributed by atoms with Gasteiger partial charge in [-0.25, -0.2) is 0 Å². The van der Waals surface area contributed by atoms with E-state index in [4.69, 9.17) is 4.42 Å². The summed E-state index contributed by atoms with van der Waals surface area (Å²) in [7, 11) is 0. The Kier molecular flexibility index (Phi) is 5.53. The highest BCUT2D eigenvalue weighted by atomic mass is 16.3. The van der Waals surface area contributed by atoms with Crippen molar-refractivity contribution in [3.8, 4) is 5.75 Å². The Bertz CT molecular complexity index is 867. The predicted octanol–water partition coefficient (Wildman–Crippen LogP) is 3.31. The summed E-state index contributed by atoms with van der Waals surface area (Å²) in [4.78, 5) is 23.6. The first-order valence-corrected chi connectivity index (χ1v) is 8.47. The normalized spacial score (nSPS) is 10.6. The van der Waals surface area contributed by atoms with Gasteiger partial charge in [0.1, 0.15) is 17.1 Å². The molecular weight excluding hydrogens is 332 g/mol. The van der Waals surface area contributed by atoms with Gasteiger partial charge in [0.2, 0.25) is 5.91 Å². The van der Waals surface area contributed by atoms with Crippen molar-refractivity contribution in [1.82, 2.24) is 10.9 Å². The van der Waals surface area contributed by atoms with E-state index in [0.29, 0.717) is 18.4 Å². The molecule has 0 atom stereocenters. The molecule has 3 N–H and O–H groups in total. The summed E-state index contributed by atoms with van der Waals surface area (Å²) >= 11 is 0. The molecule has 3 aromatic rings. The zero-order chi connectivity index (χ0) is 18.4. The van der Waals surface area contributed by atoms with Crippen LogP contribution in [0.3, 0.4) is 0 Å². The van der Waals surface area contributed by atoms with Crippen LogP contribution in [0, 0.1) is 0 Å². The molecule has 0 saturated heterocycles. The highest BCUT2D eigenvalue weighted by molar-refractivity contribution is 5.95. The third-order valence-corrected chi connectivity index (χ3v) is 4.00. The van der Waals surface area contributed by atoms with Crippen molar-refractivity contribution in [3.63, 3.8) is 0 Å². The van der Waals surface area contributed by atoms with E-state index in [0.717, 1.165) is 29.6 Å². The minimum absolute atomic E-state index is 0.0787. The molecule has 2 amide bonds. The van der Waals surface area contributed by atoms with Gasteiger partial charge in [-0.15, -0.1) is 0 Å².